The van der Waals surface area contributed by atoms with Crippen molar-refractivity contribution >= 4 is 29.7 Å². The Balaban J connectivity index is 1.73. The fourth-order valence-corrected chi connectivity index (χ4v) is 2.95. The molecule has 3 amide bonds. The summed E-state index contributed by atoms with van der Waals surface area (Å²) in [5.41, 5.74) is 2.01. The van der Waals surface area contributed by atoms with E-state index in [0.29, 0.717) is 4.90 Å². The van der Waals surface area contributed by atoms with E-state index in [2.05, 4.69) is 10.2 Å². The van der Waals surface area contributed by atoms with Gasteiger partial charge in [0.05, 0.1) is 0 Å². The predicted octanol–water partition coefficient (Wildman–Crippen LogP) is 1.65. The zero-order chi connectivity index (χ0) is 17.1. The summed E-state index contributed by atoms with van der Waals surface area (Å²) in [5, 5.41) is 11.2. The molecule has 2 aliphatic rings. The number of carboxylic acids is 1. The van der Waals surface area contributed by atoms with Crippen LogP contribution < -0.4 is 10.2 Å². The van der Waals surface area contributed by atoms with E-state index >= 15 is 0 Å². The van der Waals surface area contributed by atoms with Gasteiger partial charge in [0.25, 0.3) is 5.91 Å². The van der Waals surface area contributed by atoms with E-state index in [-0.39, 0.29) is 5.70 Å². The Bertz CT molecular complexity index is 690. The Morgan fingerprint density at radius 1 is 1.12 bits per heavy atom. The van der Waals surface area contributed by atoms with Crippen molar-refractivity contribution in [2.45, 2.75) is 19.3 Å². The maximum atomic E-state index is 12.1. The summed E-state index contributed by atoms with van der Waals surface area (Å²) >= 11 is 0. The molecular formula is C17H19N3O4. The molecule has 126 valence electrons. The topological polar surface area (TPSA) is 89.9 Å². The third kappa shape index (κ3) is 3.40. The summed E-state index contributed by atoms with van der Waals surface area (Å²) < 4.78 is 0. The maximum Gasteiger partial charge on any atom is 0.329 e. The number of carboxylic acid groups (broad SMARTS) is 1. The molecule has 7 nitrogen and oxygen atoms in total. The Labute approximate surface area is 139 Å². The molecule has 1 aromatic rings. The molecule has 0 aromatic heterocycles. The van der Waals surface area contributed by atoms with Crippen molar-refractivity contribution in [2.75, 3.05) is 24.5 Å². The molecule has 3 rings (SSSR count). The number of carbonyl (C=O) groups excluding carboxylic acids is 2. The number of rotatable bonds is 4. The van der Waals surface area contributed by atoms with Crippen LogP contribution in [0.4, 0.5) is 10.5 Å². The Hall–Kier alpha value is -2.83. The molecule has 2 N–H and O–H groups in total. The molecule has 0 saturated carbocycles. The SMILES string of the molecule is O=C(O)CN1C(=O)N/C(=C/c2ccc(N3CCCCC3)cc2)C1=O. The van der Waals surface area contributed by atoms with Gasteiger partial charge in [0.15, 0.2) is 0 Å². The van der Waals surface area contributed by atoms with Gasteiger partial charge >= 0.3 is 12.0 Å². The molecule has 1 aromatic carbocycles. The number of amides is 3. The third-order valence-electron chi connectivity index (χ3n) is 4.18. The number of aliphatic carboxylic acids is 1. The van der Waals surface area contributed by atoms with Gasteiger partial charge in [0, 0.05) is 18.8 Å². The first kappa shape index (κ1) is 16.0. The van der Waals surface area contributed by atoms with Crippen molar-refractivity contribution in [1.82, 2.24) is 10.2 Å². The second-order valence-corrected chi connectivity index (χ2v) is 5.91. The van der Waals surface area contributed by atoms with Crippen LogP contribution in [-0.2, 0) is 9.59 Å². The molecule has 2 heterocycles. The fraction of sp³-hybridized carbons (Fsp3) is 0.353. The van der Waals surface area contributed by atoms with E-state index in [9.17, 15) is 14.4 Å². The first-order chi connectivity index (χ1) is 11.5. The standard InChI is InChI=1S/C17H19N3O4/c21-15(22)11-20-16(23)14(18-17(20)24)10-12-4-6-13(7-5-12)19-8-2-1-3-9-19/h4-7,10H,1-3,8-9,11H2,(H,18,24)(H,21,22)/b14-10+. The minimum Gasteiger partial charge on any atom is -0.480 e. The van der Waals surface area contributed by atoms with Gasteiger partial charge in [-0.05, 0) is 43.0 Å². The highest BCUT2D eigenvalue weighted by molar-refractivity contribution is 6.15. The van der Waals surface area contributed by atoms with E-state index in [1.165, 1.54) is 19.3 Å². The monoisotopic (exact) mass is 329 g/mol. The fourth-order valence-electron chi connectivity index (χ4n) is 2.95. The van der Waals surface area contributed by atoms with E-state index in [0.717, 1.165) is 24.3 Å². The Morgan fingerprint density at radius 2 is 1.79 bits per heavy atom. The molecule has 0 unspecified atom stereocenters. The molecule has 0 spiro atoms. The van der Waals surface area contributed by atoms with E-state index in [4.69, 9.17) is 5.11 Å². The van der Waals surface area contributed by atoms with Crippen LogP contribution in [0.2, 0.25) is 0 Å². The van der Waals surface area contributed by atoms with Crippen molar-refractivity contribution in [2.24, 2.45) is 0 Å². The van der Waals surface area contributed by atoms with Crippen molar-refractivity contribution in [1.29, 1.82) is 0 Å². The smallest absolute Gasteiger partial charge is 0.329 e. The zero-order valence-electron chi connectivity index (χ0n) is 13.2. The minimum atomic E-state index is -1.23. The van der Waals surface area contributed by atoms with Crippen molar-refractivity contribution in [3.63, 3.8) is 0 Å². The zero-order valence-corrected chi connectivity index (χ0v) is 13.2. The largest absolute Gasteiger partial charge is 0.480 e. The molecule has 0 bridgehead atoms. The Kier molecular flexibility index (Phi) is 4.50. The highest BCUT2D eigenvalue weighted by Gasteiger charge is 2.34. The summed E-state index contributed by atoms with van der Waals surface area (Å²) in [6.45, 7) is 1.47. The molecule has 0 aliphatic carbocycles. The van der Waals surface area contributed by atoms with Crippen LogP contribution in [0.15, 0.2) is 30.0 Å². The van der Waals surface area contributed by atoms with Crippen molar-refractivity contribution in [3.05, 3.63) is 35.5 Å². The first-order valence-electron chi connectivity index (χ1n) is 7.96. The highest BCUT2D eigenvalue weighted by atomic mass is 16.4. The molecule has 24 heavy (non-hydrogen) atoms. The van der Waals surface area contributed by atoms with Crippen LogP contribution in [0.3, 0.4) is 0 Å². The van der Waals surface area contributed by atoms with Gasteiger partial charge in [-0.3, -0.25) is 9.59 Å². The number of piperidine rings is 1. The summed E-state index contributed by atoms with van der Waals surface area (Å²) in [6.07, 6.45) is 5.23. The predicted molar refractivity (Wildman–Crippen MR) is 88.4 cm³/mol. The highest BCUT2D eigenvalue weighted by Crippen LogP contribution is 2.21. The second kappa shape index (κ2) is 6.74. The summed E-state index contributed by atoms with van der Waals surface area (Å²) in [7, 11) is 0. The third-order valence-corrected chi connectivity index (χ3v) is 4.18. The molecule has 0 atom stereocenters. The number of benzene rings is 1. The Morgan fingerprint density at radius 3 is 2.42 bits per heavy atom. The van der Waals surface area contributed by atoms with Crippen LogP contribution in [0.1, 0.15) is 24.8 Å². The van der Waals surface area contributed by atoms with Crippen LogP contribution in [0.5, 0.6) is 0 Å². The van der Waals surface area contributed by atoms with Gasteiger partial charge in [0.2, 0.25) is 0 Å². The number of urea groups is 1. The molecule has 2 aliphatic heterocycles. The number of nitrogens with one attached hydrogen (secondary N) is 1. The molecule has 7 heteroatoms. The number of hydrogen-bond donors (Lipinski definition) is 2. The van der Waals surface area contributed by atoms with Crippen LogP contribution in [0, 0.1) is 0 Å². The van der Waals surface area contributed by atoms with Crippen LogP contribution in [0.25, 0.3) is 6.08 Å². The number of nitrogens with zero attached hydrogens (tertiary/aromatic N) is 2. The van der Waals surface area contributed by atoms with Gasteiger partial charge in [-0.25, -0.2) is 9.69 Å². The number of carbonyl (C=O) groups is 3. The molecular weight excluding hydrogens is 310 g/mol. The van der Waals surface area contributed by atoms with E-state index in [1.54, 1.807) is 6.08 Å². The summed E-state index contributed by atoms with van der Waals surface area (Å²) in [4.78, 5) is 37.4. The van der Waals surface area contributed by atoms with Gasteiger partial charge in [-0.2, -0.15) is 0 Å². The normalized spacial score (nSPS) is 19.8. The lowest BCUT2D eigenvalue weighted by molar-refractivity contribution is -0.140. The van der Waals surface area contributed by atoms with Gasteiger partial charge < -0.3 is 15.3 Å². The summed E-state index contributed by atoms with van der Waals surface area (Å²) in [5.74, 6) is -1.85. The summed E-state index contributed by atoms with van der Waals surface area (Å²) in [6, 6.07) is 7.05. The van der Waals surface area contributed by atoms with Crippen LogP contribution in [-0.4, -0.2) is 47.5 Å². The van der Waals surface area contributed by atoms with Crippen LogP contribution >= 0.6 is 0 Å². The van der Waals surface area contributed by atoms with Gasteiger partial charge in [-0.15, -0.1) is 0 Å². The number of hydrogen-bond acceptors (Lipinski definition) is 4. The average molecular weight is 329 g/mol. The minimum absolute atomic E-state index is 0.0898. The lowest BCUT2D eigenvalue weighted by atomic mass is 10.1. The average Bonchev–Trinajstić information content (AvgIpc) is 2.83. The lowest BCUT2D eigenvalue weighted by Gasteiger charge is -2.28. The van der Waals surface area contributed by atoms with E-state index in [1.807, 2.05) is 24.3 Å². The van der Waals surface area contributed by atoms with Crippen molar-refractivity contribution in [3.8, 4) is 0 Å². The number of imide groups is 1. The van der Waals surface area contributed by atoms with Gasteiger partial charge in [0.1, 0.15) is 12.2 Å². The van der Waals surface area contributed by atoms with Gasteiger partial charge in [-0.1, -0.05) is 12.1 Å². The number of anilines is 1. The molecule has 2 saturated heterocycles. The molecule has 2 fully saturated rings. The quantitative estimate of drug-likeness (QED) is 0.647. The second-order valence-electron chi connectivity index (χ2n) is 5.91. The molecule has 0 radical (unpaired) electrons. The maximum absolute atomic E-state index is 12.1. The van der Waals surface area contributed by atoms with Crippen molar-refractivity contribution < 1.29 is 19.5 Å². The first-order valence-corrected chi connectivity index (χ1v) is 7.96. The van der Waals surface area contributed by atoms with E-state index < -0.39 is 24.5 Å². The lowest BCUT2D eigenvalue weighted by Crippen LogP contribution is -2.35.